The molecule has 5 aromatic rings. The standard InChI is InChI=1S/C15H8N4OS/c20-15-18-11-7-3-1-5-9(11)16-13(18)21-14-17-10-6-2-4-8-12(10)19(14)15/h1-8H. The fourth-order valence-electron chi connectivity index (χ4n) is 2.70. The molecule has 0 unspecified atom stereocenters. The molecule has 0 radical (unpaired) electrons. The highest BCUT2D eigenvalue weighted by molar-refractivity contribution is 7.21. The minimum atomic E-state index is -0.124. The van der Waals surface area contributed by atoms with Crippen LogP contribution in [-0.4, -0.2) is 18.8 Å². The van der Waals surface area contributed by atoms with Gasteiger partial charge in [0, 0.05) is 0 Å². The highest BCUT2D eigenvalue weighted by Gasteiger charge is 2.14. The van der Waals surface area contributed by atoms with Gasteiger partial charge in [-0.1, -0.05) is 35.6 Å². The lowest BCUT2D eigenvalue weighted by molar-refractivity contribution is 1.01. The molecule has 5 nitrogen and oxygen atoms in total. The van der Waals surface area contributed by atoms with Crippen molar-refractivity contribution in [1.82, 2.24) is 18.8 Å². The minimum absolute atomic E-state index is 0.124. The Morgan fingerprint density at radius 1 is 0.762 bits per heavy atom. The van der Waals surface area contributed by atoms with Crippen molar-refractivity contribution < 1.29 is 0 Å². The van der Waals surface area contributed by atoms with E-state index in [0.717, 1.165) is 22.1 Å². The summed E-state index contributed by atoms with van der Waals surface area (Å²) in [4.78, 5) is 23.3. The fourth-order valence-corrected chi connectivity index (χ4v) is 3.68. The second-order valence-corrected chi connectivity index (χ2v) is 5.76. The van der Waals surface area contributed by atoms with Crippen molar-refractivity contribution in [2.24, 2.45) is 0 Å². The fraction of sp³-hybridized carbons (Fsp3) is 0. The molecule has 0 aliphatic heterocycles. The number of rotatable bonds is 0. The molecule has 6 heteroatoms. The number of hydrogen-bond donors (Lipinski definition) is 0. The number of imidazole rings is 2. The summed E-state index contributed by atoms with van der Waals surface area (Å²) in [5.74, 6) is 0. The van der Waals surface area contributed by atoms with Crippen molar-refractivity contribution >= 4 is 43.3 Å². The Kier molecular flexibility index (Phi) is 1.92. The van der Waals surface area contributed by atoms with Crippen LogP contribution in [0.5, 0.6) is 0 Å². The predicted molar refractivity (Wildman–Crippen MR) is 83.1 cm³/mol. The molecule has 0 fully saturated rings. The van der Waals surface area contributed by atoms with E-state index in [1.807, 2.05) is 48.5 Å². The van der Waals surface area contributed by atoms with Gasteiger partial charge in [0.2, 0.25) is 9.92 Å². The van der Waals surface area contributed by atoms with E-state index < -0.39 is 0 Å². The topological polar surface area (TPSA) is 51.7 Å². The van der Waals surface area contributed by atoms with E-state index in [1.165, 1.54) is 11.3 Å². The molecule has 0 amide bonds. The van der Waals surface area contributed by atoms with Crippen LogP contribution in [0, 0.1) is 0 Å². The zero-order valence-corrected chi connectivity index (χ0v) is 11.5. The maximum absolute atomic E-state index is 12.9. The lowest BCUT2D eigenvalue weighted by atomic mass is 10.3. The van der Waals surface area contributed by atoms with Crippen LogP contribution in [0.1, 0.15) is 0 Å². The summed E-state index contributed by atoms with van der Waals surface area (Å²) in [5, 5.41) is 0. The molecule has 2 aromatic carbocycles. The Hall–Kier alpha value is -2.73. The second kappa shape index (κ2) is 3.67. The first kappa shape index (κ1) is 11.0. The highest BCUT2D eigenvalue weighted by atomic mass is 32.1. The van der Waals surface area contributed by atoms with E-state index in [9.17, 15) is 4.79 Å². The van der Waals surface area contributed by atoms with Gasteiger partial charge in [0.05, 0.1) is 22.1 Å². The summed E-state index contributed by atoms with van der Waals surface area (Å²) in [7, 11) is 0. The third kappa shape index (κ3) is 1.32. The summed E-state index contributed by atoms with van der Waals surface area (Å²) in [5.41, 5.74) is 3.18. The molecule has 5 rings (SSSR count). The first-order valence-electron chi connectivity index (χ1n) is 6.50. The smallest absolute Gasteiger partial charge is 0.247 e. The first-order chi connectivity index (χ1) is 10.3. The van der Waals surface area contributed by atoms with Crippen LogP contribution in [0.15, 0.2) is 53.3 Å². The minimum Gasteiger partial charge on any atom is -0.247 e. The summed E-state index contributed by atoms with van der Waals surface area (Å²) in [6, 6.07) is 15.3. The maximum atomic E-state index is 12.9. The van der Waals surface area contributed by atoms with Gasteiger partial charge in [0.25, 0.3) is 0 Å². The lowest BCUT2D eigenvalue weighted by Gasteiger charge is -1.97. The summed E-state index contributed by atoms with van der Waals surface area (Å²) in [6.07, 6.45) is 0. The van der Waals surface area contributed by atoms with Crippen LogP contribution in [0.4, 0.5) is 0 Å². The van der Waals surface area contributed by atoms with E-state index in [4.69, 9.17) is 0 Å². The van der Waals surface area contributed by atoms with Crippen LogP contribution in [0.2, 0.25) is 0 Å². The van der Waals surface area contributed by atoms with Crippen LogP contribution in [0.3, 0.4) is 0 Å². The molecule has 3 aromatic heterocycles. The maximum Gasteiger partial charge on any atom is 0.342 e. The number of benzene rings is 2. The third-order valence-corrected chi connectivity index (χ3v) is 4.54. The van der Waals surface area contributed by atoms with Crippen molar-refractivity contribution in [3.63, 3.8) is 0 Å². The monoisotopic (exact) mass is 292 g/mol. The number of aromatic nitrogens is 4. The molecule has 100 valence electrons. The molecule has 0 aliphatic rings. The molecule has 0 saturated heterocycles. The highest BCUT2D eigenvalue weighted by Crippen LogP contribution is 2.22. The molecule has 3 heterocycles. The average Bonchev–Trinajstić information content (AvgIpc) is 3.04. The molecule has 0 bridgehead atoms. The van der Waals surface area contributed by atoms with E-state index in [1.54, 1.807) is 8.80 Å². The van der Waals surface area contributed by atoms with Crippen LogP contribution in [0.25, 0.3) is 32.0 Å². The molecule has 0 aliphatic carbocycles. The lowest BCUT2D eigenvalue weighted by Crippen LogP contribution is -2.19. The molecule has 0 atom stereocenters. The van der Waals surface area contributed by atoms with Crippen molar-refractivity contribution in [3.05, 3.63) is 59.0 Å². The Bertz CT molecular complexity index is 1120. The zero-order valence-electron chi connectivity index (χ0n) is 10.7. The van der Waals surface area contributed by atoms with Gasteiger partial charge in [0.1, 0.15) is 0 Å². The van der Waals surface area contributed by atoms with Crippen LogP contribution in [-0.2, 0) is 0 Å². The Morgan fingerprint density at radius 3 is 1.76 bits per heavy atom. The summed E-state index contributed by atoms with van der Waals surface area (Å²) >= 11 is 1.42. The van der Waals surface area contributed by atoms with Gasteiger partial charge in [-0.05, 0) is 24.3 Å². The number of fused-ring (bicyclic) bond motifs is 6. The quantitative estimate of drug-likeness (QED) is 0.441. The zero-order chi connectivity index (χ0) is 14.0. The largest absolute Gasteiger partial charge is 0.342 e. The Labute approximate surface area is 121 Å². The van der Waals surface area contributed by atoms with Crippen molar-refractivity contribution in [2.75, 3.05) is 0 Å². The van der Waals surface area contributed by atoms with Gasteiger partial charge in [-0.25, -0.2) is 23.6 Å². The van der Waals surface area contributed by atoms with Crippen molar-refractivity contribution in [2.45, 2.75) is 0 Å². The van der Waals surface area contributed by atoms with Gasteiger partial charge in [-0.15, -0.1) is 0 Å². The van der Waals surface area contributed by atoms with E-state index in [0.29, 0.717) is 9.92 Å². The average molecular weight is 292 g/mol. The van der Waals surface area contributed by atoms with Gasteiger partial charge in [-0.3, -0.25) is 0 Å². The van der Waals surface area contributed by atoms with Gasteiger partial charge >= 0.3 is 5.69 Å². The molecule has 0 spiro atoms. The van der Waals surface area contributed by atoms with E-state index >= 15 is 0 Å². The van der Waals surface area contributed by atoms with E-state index in [2.05, 4.69) is 9.97 Å². The predicted octanol–water partition coefficient (Wildman–Crippen LogP) is 2.71. The van der Waals surface area contributed by atoms with Gasteiger partial charge in [-0.2, -0.15) is 0 Å². The number of nitrogens with zero attached hydrogens (tertiary/aromatic N) is 4. The Morgan fingerprint density at radius 2 is 1.24 bits per heavy atom. The molecule has 0 saturated carbocycles. The van der Waals surface area contributed by atoms with Gasteiger partial charge < -0.3 is 0 Å². The van der Waals surface area contributed by atoms with Crippen LogP contribution < -0.4 is 5.69 Å². The Balaban J connectivity index is 2.15. The third-order valence-electron chi connectivity index (χ3n) is 3.63. The second-order valence-electron chi connectivity index (χ2n) is 4.82. The molecular formula is C15H8N4OS. The van der Waals surface area contributed by atoms with Crippen LogP contribution >= 0.6 is 11.3 Å². The normalized spacial score (nSPS) is 12.0. The van der Waals surface area contributed by atoms with Crippen molar-refractivity contribution in [3.8, 4) is 0 Å². The summed E-state index contributed by atoms with van der Waals surface area (Å²) in [6.45, 7) is 0. The molecule has 0 N–H and O–H groups in total. The SMILES string of the molecule is O=c1n2c(nc3ccccc32)sc2nc3ccccc3n12. The molecule has 21 heavy (non-hydrogen) atoms. The number of para-hydroxylation sites is 4. The molecular weight excluding hydrogens is 284 g/mol. The van der Waals surface area contributed by atoms with E-state index in [-0.39, 0.29) is 5.69 Å². The van der Waals surface area contributed by atoms with Crippen molar-refractivity contribution in [1.29, 1.82) is 0 Å². The summed E-state index contributed by atoms with van der Waals surface area (Å²) < 4.78 is 3.31. The number of hydrogen-bond acceptors (Lipinski definition) is 4. The van der Waals surface area contributed by atoms with Gasteiger partial charge in [0.15, 0.2) is 0 Å². The first-order valence-corrected chi connectivity index (χ1v) is 7.32.